The van der Waals surface area contributed by atoms with Gasteiger partial charge in [-0.1, -0.05) is 19.1 Å². The molecule has 0 bridgehead atoms. The highest BCUT2D eigenvalue weighted by Gasteiger charge is 2.28. The molecule has 1 fully saturated rings. The lowest BCUT2D eigenvalue weighted by Crippen LogP contribution is -2.44. The van der Waals surface area contributed by atoms with E-state index in [1.54, 1.807) is 6.07 Å². The zero-order valence-electron chi connectivity index (χ0n) is 16.7. The van der Waals surface area contributed by atoms with Crippen molar-refractivity contribution < 1.29 is 13.2 Å². The van der Waals surface area contributed by atoms with E-state index >= 15 is 0 Å². The number of aliphatic imine (C=N–C) groups is 1. The third-order valence-corrected chi connectivity index (χ3v) is 6.28. The maximum atomic E-state index is 12.3. The molecule has 0 spiro atoms. The van der Waals surface area contributed by atoms with Gasteiger partial charge in [-0.25, -0.2) is 13.4 Å². The zero-order chi connectivity index (χ0) is 19.9. The monoisotopic (exact) mass is 522 g/mol. The Balaban J connectivity index is 0.00000392. The number of benzene rings is 1. The van der Waals surface area contributed by atoms with Crippen molar-refractivity contribution in [3.63, 3.8) is 0 Å². The number of hydrogen-bond acceptors (Lipinski definition) is 4. The SMILES string of the molecule is CCNC(=NCc1cccc(C(=O)NC(C)CC)c1)NC1CCS(=O)(=O)C1.I. The highest BCUT2D eigenvalue weighted by molar-refractivity contribution is 14.0. The van der Waals surface area contributed by atoms with Crippen LogP contribution in [0.4, 0.5) is 0 Å². The van der Waals surface area contributed by atoms with Crippen LogP contribution in [-0.2, 0) is 16.4 Å². The number of amides is 1. The molecule has 2 atom stereocenters. The molecule has 0 aliphatic carbocycles. The van der Waals surface area contributed by atoms with E-state index in [-0.39, 0.29) is 53.5 Å². The van der Waals surface area contributed by atoms with Gasteiger partial charge >= 0.3 is 0 Å². The number of carbonyl (C=O) groups is 1. The van der Waals surface area contributed by atoms with Crippen molar-refractivity contribution in [3.8, 4) is 0 Å². The van der Waals surface area contributed by atoms with Gasteiger partial charge in [0.05, 0.1) is 18.1 Å². The Morgan fingerprint density at radius 1 is 1.32 bits per heavy atom. The molecule has 1 saturated heterocycles. The van der Waals surface area contributed by atoms with Gasteiger partial charge in [-0.3, -0.25) is 4.79 Å². The van der Waals surface area contributed by atoms with Crippen molar-refractivity contribution in [2.24, 2.45) is 4.99 Å². The molecular formula is C19H31IN4O3S. The normalized spacial score (nSPS) is 19.4. The number of halogens is 1. The van der Waals surface area contributed by atoms with Gasteiger partial charge in [0.25, 0.3) is 5.91 Å². The van der Waals surface area contributed by atoms with Gasteiger partial charge in [-0.05, 0) is 44.4 Å². The zero-order valence-corrected chi connectivity index (χ0v) is 19.8. The third-order valence-electron chi connectivity index (χ3n) is 4.52. The summed E-state index contributed by atoms with van der Waals surface area (Å²) in [5.74, 6) is 0.866. The minimum atomic E-state index is -2.94. The molecule has 7 nitrogen and oxygen atoms in total. The Labute approximate surface area is 185 Å². The third kappa shape index (κ3) is 7.94. The molecule has 28 heavy (non-hydrogen) atoms. The first-order valence-corrected chi connectivity index (χ1v) is 11.3. The number of sulfone groups is 1. The maximum absolute atomic E-state index is 12.3. The molecule has 158 valence electrons. The summed E-state index contributed by atoms with van der Waals surface area (Å²) in [5.41, 5.74) is 1.53. The topological polar surface area (TPSA) is 99.7 Å². The number of nitrogens with one attached hydrogen (secondary N) is 3. The average Bonchev–Trinajstić information content (AvgIpc) is 2.98. The van der Waals surface area contributed by atoms with Crippen LogP contribution in [0.15, 0.2) is 29.3 Å². The summed E-state index contributed by atoms with van der Waals surface area (Å²) in [7, 11) is -2.94. The predicted molar refractivity (Wildman–Crippen MR) is 124 cm³/mol. The molecule has 1 aromatic carbocycles. The van der Waals surface area contributed by atoms with Crippen LogP contribution in [0.2, 0.25) is 0 Å². The van der Waals surface area contributed by atoms with Crippen LogP contribution in [0.3, 0.4) is 0 Å². The van der Waals surface area contributed by atoms with E-state index in [2.05, 4.69) is 20.9 Å². The van der Waals surface area contributed by atoms with Gasteiger partial charge in [-0.15, -0.1) is 24.0 Å². The minimum absolute atomic E-state index is 0. The fraction of sp³-hybridized carbons (Fsp3) is 0.579. The Morgan fingerprint density at radius 3 is 2.68 bits per heavy atom. The predicted octanol–water partition coefficient (Wildman–Crippen LogP) is 2.08. The van der Waals surface area contributed by atoms with E-state index in [1.165, 1.54) is 0 Å². The molecule has 1 aliphatic heterocycles. The second kappa shape index (κ2) is 11.6. The Kier molecular flexibility index (Phi) is 10.2. The molecule has 1 aromatic rings. The van der Waals surface area contributed by atoms with Gasteiger partial charge in [0.1, 0.15) is 0 Å². The van der Waals surface area contributed by atoms with Crippen LogP contribution in [0.25, 0.3) is 0 Å². The van der Waals surface area contributed by atoms with Gasteiger partial charge in [0.15, 0.2) is 15.8 Å². The molecule has 1 amide bonds. The Hall–Kier alpha value is -1.36. The lowest BCUT2D eigenvalue weighted by atomic mass is 10.1. The number of hydrogen-bond donors (Lipinski definition) is 3. The molecule has 2 rings (SSSR count). The first-order valence-electron chi connectivity index (χ1n) is 9.48. The summed E-state index contributed by atoms with van der Waals surface area (Å²) < 4.78 is 23.2. The van der Waals surface area contributed by atoms with E-state index in [0.717, 1.165) is 12.0 Å². The van der Waals surface area contributed by atoms with Crippen molar-refractivity contribution in [1.29, 1.82) is 0 Å². The van der Waals surface area contributed by atoms with E-state index in [9.17, 15) is 13.2 Å². The van der Waals surface area contributed by atoms with Crippen molar-refractivity contribution in [2.75, 3.05) is 18.1 Å². The summed E-state index contributed by atoms with van der Waals surface area (Å²) in [6.07, 6.45) is 1.47. The quantitative estimate of drug-likeness (QED) is 0.289. The second-order valence-electron chi connectivity index (χ2n) is 6.92. The van der Waals surface area contributed by atoms with Gasteiger partial charge < -0.3 is 16.0 Å². The molecule has 1 heterocycles. The highest BCUT2D eigenvalue weighted by Crippen LogP contribution is 2.11. The highest BCUT2D eigenvalue weighted by atomic mass is 127. The van der Waals surface area contributed by atoms with E-state index in [0.29, 0.717) is 31.0 Å². The maximum Gasteiger partial charge on any atom is 0.251 e. The molecule has 0 radical (unpaired) electrons. The van der Waals surface area contributed by atoms with Crippen LogP contribution in [-0.4, -0.2) is 50.4 Å². The largest absolute Gasteiger partial charge is 0.357 e. The minimum Gasteiger partial charge on any atom is -0.357 e. The number of guanidine groups is 1. The first-order chi connectivity index (χ1) is 12.8. The van der Waals surface area contributed by atoms with E-state index < -0.39 is 9.84 Å². The molecule has 0 aromatic heterocycles. The molecular weight excluding hydrogens is 491 g/mol. The summed E-state index contributed by atoms with van der Waals surface area (Å²) in [6, 6.07) is 7.42. The number of carbonyl (C=O) groups excluding carboxylic acids is 1. The Bertz CT molecular complexity index is 783. The molecule has 2 unspecified atom stereocenters. The summed E-state index contributed by atoms with van der Waals surface area (Å²) in [4.78, 5) is 16.8. The molecule has 1 aliphatic rings. The fourth-order valence-electron chi connectivity index (χ4n) is 2.81. The van der Waals surface area contributed by atoms with Crippen molar-refractivity contribution in [2.45, 2.75) is 52.2 Å². The average molecular weight is 522 g/mol. The summed E-state index contributed by atoms with van der Waals surface area (Å²) >= 11 is 0. The number of nitrogens with zero attached hydrogens (tertiary/aromatic N) is 1. The van der Waals surface area contributed by atoms with Crippen LogP contribution >= 0.6 is 24.0 Å². The standard InChI is InChI=1S/C19H30N4O3S.HI/c1-4-14(3)22-18(24)16-8-6-7-15(11-16)12-21-19(20-5-2)23-17-9-10-27(25,26)13-17;/h6-8,11,14,17H,4-5,9-10,12-13H2,1-3H3,(H,22,24)(H2,20,21,23);1H. The van der Waals surface area contributed by atoms with Crippen molar-refractivity contribution >= 4 is 45.7 Å². The molecule has 9 heteroatoms. The summed E-state index contributed by atoms with van der Waals surface area (Å²) in [6.45, 7) is 7.05. The van der Waals surface area contributed by atoms with Gasteiger partial charge in [0.2, 0.25) is 0 Å². The fourth-order valence-corrected chi connectivity index (χ4v) is 4.49. The second-order valence-corrected chi connectivity index (χ2v) is 9.15. The number of rotatable bonds is 7. The molecule has 3 N–H and O–H groups in total. The first kappa shape index (κ1) is 24.7. The van der Waals surface area contributed by atoms with Crippen molar-refractivity contribution in [1.82, 2.24) is 16.0 Å². The molecule has 0 saturated carbocycles. The van der Waals surface area contributed by atoms with Crippen LogP contribution in [0, 0.1) is 0 Å². The van der Waals surface area contributed by atoms with Crippen LogP contribution in [0.5, 0.6) is 0 Å². The van der Waals surface area contributed by atoms with Crippen molar-refractivity contribution in [3.05, 3.63) is 35.4 Å². The van der Waals surface area contributed by atoms with Crippen LogP contribution in [0.1, 0.15) is 49.5 Å². The summed E-state index contributed by atoms with van der Waals surface area (Å²) in [5, 5.41) is 9.30. The Morgan fingerprint density at radius 2 is 2.07 bits per heavy atom. The van der Waals surface area contributed by atoms with Gasteiger partial charge in [0, 0.05) is 24.2 Å². The smallest absolute Gasteiger partial charge is 0.251 e. The van der Waals surface area contributed by atoms with Crippen LogP contribution < -0.4 is 16.0 Å². The lowest BCUT2D eigenvalue weighted by molar-refractivity contribution is 0.0939. The van der Waals surface area contributed by atoms with E-state index in [4.69, 9.17) is 0 Å². The van der Waals surface area contributed by atoms with E-state index in [1.807, 2.05) is 39.0 Å². The van der Waals surface area contributed by atoms with Gasteiger partial charge in [-0.2, -0.15) is 0 Å². The lowest BCUT2D eigenvalue weighted by Gasteiger charge is -2.16.